The molecule has 0 aliphatic heterocycles. The molecule has 120 valence electrons. The molecule has 0 unspecified atom stereocenters. The number of benzene rings is 1. The highest BCUT2D eigenvalue weighted by Crippen LogP contribution is 2.35. The van der Waals surface area contributed by atoms with E-state index in [2.05, 4.69) is 20.9 Å². The molecule has 0 bridgehead atoms. The number of aromatic nitrogens is 2. The lowest BCUT2D eigenvalue weighted by atomic mass is 10.1. The number of alkyl halides is 3. The van der Waals surface area contributed by atoms with Crippen LogP contribution in [0.4, 0.5) is 13.2 Å². The summed E-state index contributed by atoms with van der Waals surface area (Å²) in [6.07, 6.45) is -3.16. The minimum atomic E-state index is -4.61. The van der Waals surface area contributed by atoms with Gasteiger partial charge < -0.3 is 4.57 Å². The van der Waals surface area contributed by atoms with E-state index in [1.165, 1.54) is 13.1 Å². The minimum Gasteiger partial charge on any atom is -0.322 e. The first kappa shape index (κ1) is 17.0. The summed E-state index contributed by atoms with van der Waals surface area (Å²) in [7, 11) is -2.20. The Morgan fingerprint density at radius 3 is 2.41 bits per heavy atom. The second-order valence-electron chi connectivity index (χ2n) is 4.58. The number of rotatable bonds is 3. The lowest BCUT2D eigenvalue weighted by Crippen LogP contribution is -2.11. The van der Waals surface area contributed by atoms with Gasteiger partial charge in [-0.05, 0) is 34.1 Å². The molecule has 2 rings (SSSR count). The van der Waals surface area contributed by atoms with Crippen LogP contribution in [0.25, 0.3) is 11.4 Å². The van der Waals surface area contributed by atoms with Crippen LogP contribution in [0.3, 0.4) is 0 Å². The zero-order valence-electron chi connectivity index (χ0n) is 11.6. The maximum absolute atomic E-state index is 12.9. The maximum atomic E-state index is 12.9. The van der Waals surface area contributed by atoms with Crippen LogP contribution in [0.2, 0.25) is 0 Å². The molecule has 2 aromatic rings. The van der Waals surface area contributed by atoms with Crippen LogP contribution in [-0.2, 0) is 23.1 Å². The van der Waals surface area contributed by atoms with E-state index in [0.717, 1.165) is 12.1 Å². The van der Waals surface area contributed by atoms with Crippen LogP contribution in [0.1, 0.15) is 12.5 Å². The highest BCUT2D eigenvalue weighted by molar-refractivity contribution is 9.10. The highest BCUT2D eigenvalue weighted by Gasteiger charge is 2.33. The van der Waals surface area contributed by atoms with Gasteiger partial charge in [-0.15, -0.1) is 0 Å². The van der Waals surface area contributed by atoms with E-state index in [4.69, 9.17) is 0 Å². The summed E-state index contributed by atoms with van der Waals surface area (Å²) >= 11 is 3.22. The van der Waals surface area contributed by atoms with Gasteiger partial charge in [0, 0.05) is 12.6 Å². The Bertz CT molecular complexity index is 813. The number of imidazole rings is 1. The van der Waals surface area contributed by atoms with E-state index in [0.29, 0.717) is 10.7 Å². The van der Waals surface area contributed by atoms with Crippen molar-refractivity contribution in [2.45, 2.75) is 18.0 Å². The lowest BCUT2D eigenvalue weighted by Gasteiger charge is -2.13. The lowest BCUT2D eigenvalue weighted by molar-refractivity contribution is -0.137. The number of nitrogens with zero attached hydrogens (tertiary/aromatic N) is 2. The molecule has 0 saturated heterocycles. The number of hydrogen-bond acceptors (Lipinski definition) is 3. The molecule has 4 nitrogen and oxygen atoms in total. The molecule has 0 radical (unpaired) electrons. The fourth-order valence-corrected chi connectivity index (χ4v) is 3.32. The third kappa shape index (κ3) is 3.05. The molecule has 22 heavy (non-hydrogen) atoms. The van der Waals surface area contributed by atoms with E-state index >= 15 is 0 Å². The van der Waals surface area contributed by atoms with E-state index in [1.807, 2.05) is 0 Å². The van der Waals surface area contributed by atoms with Gasteiger partial charge in [0.05, 0.1) is 22.4 Å². The van der Waals surface area contributed by atoms with E-state index in [-0.39, 0.29) is 22.0 Å². The van der Waals surface area contributed by atoms with Gasteiger partial charge in [-0.2, -0.15) is 13.2 Å². The van der Waals surface area contributed by atoms with E-state index in [9.17, 15) is 21.6 Å². The largest absolute Gasteiger partial charge is 0.416 e. The molecule has 0 N–H and O–H groups in total. The number of halogens is 4. The van der Waals surface area contributed by atoms with Gasteiger partial charge in [0.1, 0.15) is 10.4 Å². The maximum Gasteiger partial charge on any atom is 0.416 e. The van der Waals surface area contributed by atoms with Gasteiger partial charge in [-0.3, -0.25) is 0 Å². The average Bonchev–Trinajstić information content (AvgIpc) is 2.77. The van der Waals surface area contributed by atoms with Crippen molar-refractivity contribution in [2.24, 2.45) is 7.05 Å². The molecule has 0 spiro atoms. The van der Waals surface area contributed by atoms with Gasteiger partial charge >= 0.3 is 6.18 Å². The molecule has 0 aliphatic carbocycles. The zero-order valence-corrected chi connectivity index (χ0v) is 14.1. The van der Waals surface area contributed by atoms with Crippen LogP contribution in [-0.4, -0.2) is 23.7 Å². The predicted octanol–water partition coefficient (Wildman–Crippen LogP) is 3.66. The molecular weight excluding hydrogens is 385 g/mol. The molecule has 0 saturated carbocycles. The Kier molecular flexibility index (Phi) is 4.40. The molecule has 1 aromatic heterocycles. The first-order chi connectivity index (χ1) is 10.1. The molecule has 1 aromatic carbocycles. The summed E-state index contributed by atoms with van der Waals surface area (Å²) in [6, 6.07) is 2.66. The van der Waals surface area contributed by atoms with E-state index in [1.54, 1.807) is 11.6 Å². The van der Waals surface area contributed by atoms with Crippen molar-refractivity contribution in [3.8, 4) is 11.4 Å². The fourth-order valence-electron chi connectivity index (χ4n) is 1.94. The number of hydrogen-bond donors (Lipinski definition) is 0. The fraction of sp³-hybridized carbons (Fsp3) is 0.308. The summed E-state index contributed by atoms with van der Waals surface area (Å²) in [5.41, 5.74) is -0.861. The Hall–Kier alpha value is -1.35. The van der Waals surface area contributed by atoms with Crippen molar-refractivity contribution >= 4 is 25.8 Å². The quantitative estimate of drug-likeness (QED) is 0.795. The van der Waals surface area contributed by atoms with Crippen molar-refractivity contribution in [3.63, 3.8) is 0 Å². The molecule has 1 heterocycles. The molecule has 0 aliphatic rings. The van der Waals surface area contributed by atoms with Crippen molar-refractivity contribution in [2.75, 3.05) is 5.75 Å². The minimum absolute atomic E-state index is 0.142. The van der Waals surface area contributed by atoms with E-state index < -0.39 is 21.6 Å². The summed E-state index contributed by atoms with van der Waals surface area (Å²) < 4.78 is 65.1. The number of sulfone groups is 1. The molecule has 0 amide bonds. The normalized spacial score (nSPS) is 12.6. The van der Waals surface area contributed by atoms with Crippen LogP contribution in [0, 0.1) is 0 Å². The average molecular weight is 397 g/mol. The Morgan fingerprint density at radius 1 is 1.32 bits per heavy atom. The van der Waals surface area contributed by atoms with Gasteiger partial charge in [0.2, 0.25) is 0 Å². The third-order valence-electron chi connectivity index (χ3n) is 3.20. The molecular formula is C13H12BrF3N2O2S. The van der Waals surface area contributed by atoms with Gasteiger partial charge in [0.25, 0.3) is 0 Å². The van der Waals surface area contributed by atoms with Crippen LogP contribution in [0.5, 0.6) is 0 Å². The van der Waals surface area contributed by atoms with Gasteiger partial charge in [-0.1, -0.05) is 6.92 Å². The smallest absolute Gasteiger partial charge is 0.322 e. The SMILES string of the molecule is CCS(=O)(=O)c1cc(C(F)(F)F)ccc1-c1ncc(Br)n1C. The Balaban J connectivity index is 2.78. The van der Waals surface area contributed by atoms with Crippen LogP contribution < -0.4 is 0 Å². The summed E-state index contributed by atoms with van der Waals surface area (Å²) in [5.74, 6) is -0.0278. The molecule has 0 atom stereocenters. The third-order valence-corrected chi connectivity index (χ3v) is 5.70. The Morgan fingerprint density at radius 2 is 1.95 bits per heavy atom. The first-order valence-electron chi connectivity index (χ1n) is 6.19. The topological polar surface area (TPSA) is 52.0 Å². The van der Waals surface area contributed by atoms with Crippen LogP contribution in [0.15, 0.2) is 33.9 Å². The van der Waals surface area contributed by atoms with Gasteiger partial charge in [0.15, 0.2) is 9.84 Å². The van der Waals surface area contributed by atoms with Crippen molar-refractivity contribution < 1.29 is 21.6 Å². The summed E-state index contributed by atoms with van der Waals surface area (Å²) in [6.45, 7) is 1.38. The standard InChI is InChI=1S/C13H12BrF3N2O2S/c1-3-22(20,21)10-6-8(13(15,16)17)4-5-9(10)12-18-7-11(14)19(12)2/h4-7H,3H2,1-2H3. The van der Waals surface area contributed by atoms with Crippen molar-refractivity contribution in [3.05, 3.63) is 34.6 Å². The zero-order chi connectivity index (χ0) is 16.7. The Labute approximate surface area is 134 Å². The molecule has 9 heteroatoms. The predicted molar refractivity (Wildman–Crippen MR) is 79.1 cm³/mol. The summed E-state index contributed by atoms with van der Waals surface area (Å²) in [5, 5.41) is 0. The monoisotopic (exact) mass is 396 g/mol. The summed E-state index contributed by atoms with van der Waals surface area (Å²) in [4.78, 5) is 3.69. The first-order valence-corrected chi connectivity index (χ1v) is 8.64. The van der Waals surface area contributed by atoms with Crippen molar-refractivity contribution in [1.29, 1.82) is 0 Å². The molecule has 0 fully saturated rings. The van der Waals surface area contributed by atoms with Crippen LogP contribution >= 0.6 is 15.9 Å². The highest BCUT2D eigenvalue weighted by atomic mass is 79.9. The van der Waals surface area contributed by atoms with Crippen molar-refractivity contribution in [1.82, 2.24) is 9.55 Å². The second kappa shape index (κ2) is 5.69. The second-order valence-corrected chi connectivity index (χ2v) is 7.63. The van der Waals surface area contributed by atoms with Gasteiger partial charge in [-0.25, -0.2) is 13.4 Å².